The highest BCUT2D eigenvalue weighted by Crippen LogP contribution is 2.41. The van der Waals surface area contributed by atoms with Crippen LogP contribution in [0.15, 0.2) is 42.5 Å². The van der Waals surface area contributed by atoms with Crippen LogP contribution < -0.4 is 4.90 Å². The molecule has 0 spiro atoms. The third kappa shape index (κ3) is 5.40. The molecule has 0 bridgehead atoms. The Bertz CT molecular complexity index is 718. The fourth-order valence-corrected chi connectivity index (χ4v) is 4.57. The van der Waals surface area contributed by atoms with Gasteiger partial charge in [-0.2, -0.15) is 0 Å². The van der Waals surface area contributed by atoms with Crippen LogP contribution in [0, 0.1) is 0 Å². The number of fused-ring (bicyclic) bond motifs is 3. The highest BCUT2D eigenvalue weighted by atomic mass is 15.1. The maximum atomic E-state index is 2.69. The van der Waals surface area contributed by atoms with Gasteiger partial charge in [-0.05, 0) is 41.2 Å². The molecule has 0 amide bonds. The van der Waals surface area contributed by atoms with Crippen LogP contribution in [0.1, 0.15) is 89.2 Å². The Labute approximate surface area is 173 Å². The maximum absolute atomic E-state index is 2.69. The van der Waals surface area contributed by atoms with E-state index in [-0.39, 0.29) is 0 Å². The van der Waals surface area contributed by atoms with Crippen LogP contribution in [-0.4, -0.2) is 13.1 Å². The van der Waals surface area contributed by atoms with Gasteiger partial charge in [-0.15, -0.1) is 0 Å². The van der Waals surface area contributed by atoms with Crippen molar-refractivity contribution in [3.8, 4) is 11.1 Å². The number of anilines is 1. The smallest absolute Gasteiger partial charge is 0.0408 e. The highest BCUT2D eigenvalue weighted by Gasteiger charge is 2.22. The summed E-state index contributed by atoms with van der Waals surface area (Å²) in [7, 11) is 0. The van der Waals surface area contributed by atoms with Crippen LogP contribution in [0.2, 0.25) is 0 Å². The van der Waals surface area contributed by atoms with Crippen LogP contribution in [0.4, 0.5) is 5.69 Å². The van der Waals surface area contributed by atoms with Gasteiger partial charge in [-0.3, -0.25) is 0 Å². The van der Waals surface area contributed by atoms with Gasteiger partial charge >= 0.3 is 0 Å². The van der Waals surface area contributed by atoms with Crippen molar-refractivity contribution in [2.45, 2.75) is 84.5 Å². The third-order valence-corrected chi connectivity index (χ3v) is 6.23. The molecule has 152 valence electrons. The standard InChI is InChI=1S/C27H39N/c1-3-5-7-8-9-10-11-14-21-28(20-6-4-2)27-19-15-18-25-24-17-13-12-16-23(24)22-26(25)27/h12-13,15-19H,3-11,14,20-22H2,1-2H3. The van der Waals surface area contributed by atoms with E-state index < -0.39 is 0 Å². The molecule has 2 aromatic carbocycles. The molecule has 0 heterocycles. The lowest BCUT2D eigenvalue weighted by atomic mass is 10.0. The zero-order valence-corrected chi connectivity index (χ0v) is 18.2. The molecule has 1 heteroatoms. The van der Waals surface area contributed by atoms with E-state index >= 15 is 0 Å². The molecule has 1 nitrogen and oxygen atoms in total. The molecule has 0 fully saturated rings. The van der Waals surface area contributed by atoms with E-state index in [1.165, 1.54) is 99.7 Å². The first-order chi connectivity index (χ1) is 13.8. The second-order valence-corrected chi connectivity index (χ2v) is 8.45. The van der Waals surface area contributed by atoms with E-state index in [4.69, 9.17) is 0 Å². The Balaban J connectivity index is 1.60. The van der Waals surface area contributed by atoms with Gasteiger partial charge in [0.15, 0.2) is 0 Å². The summed E-state index contributed by atoms with van der Waals surface area (Å²) in [5, 5.41) is 0. The molecule has 28 heavy (non-hydrogen) atoms. The van der Waals surface area contributed by atoms with E-state index in [2.05, 4.69) is 61.2 Å². The molecule has 0 unspecified atom stereocenters. The van der Waals surface area contributed by atoms with Crippen molar-refractivity contribution in [2.24, 2.45) is 0 Å². The normalized spacial score (nSPS) is 12.1. The van der Waals surface area contributed by atoms with E-state index in [0.29, 0.717) is 0 Å². The first kappa shape index (κ1) is 21.0. The summed E-state index contributed by atoms with van der Waals surface area (Å²) in [6, 6.07) is 15.9. The Morgan fingerprint density at radius 2 is 1.29 bits per heavy atom. The first-order valence-electron chi connectivity index (χ1n) is 11.8. The second-order valence-electron chi connectivity index (χ2n) is 8.45. The minimum Gasteiger partial charge on any atom is -0.371 e. The average Bonchev–Trinajstić information content (AvgIpc) is 3.11. The summed E-state index contributed by atoms with van der Waals surface area (Å²) in [5.41, 5.74) is 7.45. The van der Waals surface area contributed by atoms with Gasteiger partial charge in [-0.25, -0.2) is 0 Å². The molecular weight excluding hydrogens is 338 g/mol. The van der Waals surface area contributed by atoms with Gasteiger partial charge in [0.2, 0.25) is 0 Å². The summed E-state index contributed by atoms with van der Waals surface area (Å²) in [6.07, 6.45) is 14.8. The zero-order valence-electron chi connectivity index (χ0n) is 18.2. The van der Waals surface area contributed by atoms with E-state index in [0.717, 1.165) is 6.42 Å². The molecule has 3 rings (SSSR count). The minimum absolute atomic E-state index is 1.10. The summed E-state index contributed by atoms with van der Waals surface area (Å²) in [5.74, 6) is 0. The van der Waals surface area contributed by atoms with Crippen LogP contribution in [0.3, 0.4) is 0 Å². The molecule has 0 radical (unpaired) electrons. The van der Waals surface area contributed by atoms with Crippen molar-refractivity contribution in [1.82, 2.24) is 0 Å². The number of rotatable bonds is 13. The van der Waals surface area contributed by atoms with Gasteiger partial charge in [0.05, 0.1) is 0 Å². The van der Waals surface area contributed by atoms with Gasteiger partial charge < -0.3 is 4.90 Å². The monoisotopic (exact) mass is 377 g/mol. The molecule has 0 saturated carbocycles. The molecule has 0 saturated heterocycles. The lowest BCUT2D eigenvalue weighted by Crippen LogP contribution is -2.26. The van der Waals surface area contributed by atoms with Gasteiger partial charge in [-0.1, -0.05) is 102 Å². The predicted octanol–water partition coefficient (Wildman–Crippen LogP) is 8.01. The van der Waals surface area contributed by atoms with Crippen molar-refractivity contribution in [3.63, 3.8) is 0 Å². The third-order valence-electron chi connectivity index (χ3n) is 6.23. The quantitative estimate of drug-likeness (QED) is 0.273. The molecule has 1 aliphatic carbocycles. The summed E-state index contributed by atoms with van der Waals surface area (Å²) in [6.45, 7) is 7.01. The summed E-state index contributed by atoms with van der Waals surface area (Å²) < 4.78 is 0. The fraction of sp³-hybridized carbons (Fsp3) is 0.556. The Morgan fingerprint density at radius 1 is 0.643 bits per heavy atom. The van der Waals surface area contributed by atoms with Crippen LogP contribution in [0.5, 0.6) is 0 Å². The van der Waals surface area contributed by atoms with Crippen molar-refractivity contribution < 1.29 is 0 Å². The highest BCUT2D eigenvalue weighted by molar-refractivity contribution is 5.82. The van der Waals surface area contributed by atoms with E-state index in [1.807, 2.05) is 0 Å². The van der Waals surface area contributed by atoms with Crippen LogP contribution in [-0.2, 0) is 6.42 Å². The Hall–Kier alpha value is -1.76. The number of unbranched alkanes of at least 4 members (excludes halogenated alkanes) is 8. The molecule has 0 N–H and O–H groups in total. The maximum Gasteiger partial charge on any atom is 0.0408 e. The SMILES string of the molecule is CCCCCCCCCCN(CCCC)c1cccc2c1Cc1ccccc1-2. The van der Waals surface area contributed by atoms with Gasteiger partial charge in [0.1, 0.15) is 0 Å². The van der Waals surface area contributed by atoms with Crippen molar-refractivity contribution in [1.29, 1.82) is 0 Å². The van der Waals surface area contributed by atoms with Crippen LogP contribution in [0.25, 0.3) is 11.1 Å². The first-order valence-corrected chi connectivity index (χ1v) is 11.8. The van der Waals surface area contributed by atoms with E-state index in [9.17, 15) is 0 Å². The molecule has 2 aromatic rings. The van der Waals surface area contributed by atoms with Gasteiger partial charge in [0.25, 0.3) is 0 Å². The largest absolute Gasteiger partial charge is 0.371 e. The molecular formula is C27H39N. The molecule has 0 aliphatic heterocycles. The number of hydrogen-bond acceptors (Lipinski definition) is 1. The second kappa shape index (κ2) is 11.3. The number of hydrogen-bond donors (Lipinski definition) is 0. The average molecular weight is 378 g/mol. The van der Waals surface area contributed by atoms with E-state index in [1.54, 1.807) is 5.56 Å². The van der Waals surface area contributed by atoms with Crippen molar-refractivity contribution in [3.05, 3.63) is 53.6 Å². The molecule has 1 aliphatic rings. The Kier molecular flexibility index (Phi) is 8.45. The summed E-state index contributed by atoms with van der Waals surface area (Å²) >= 11 is 0. The topological polar surface area (TPSA) is 3.24 Å². The van der Waals surface area contributed by atoms with Crippen LogP contribution >= 0.6 is 0 Å². The summed E-state index contributed by atoms with van der Waals surface area (Å²) in [4.78, 5) is 2.69. The van der Waals surface area contributed by atoms with Crippen molar-refractivity contribution >= 4 is 5.69 Å². The number of nitrogens with zero attached hydrogens (tertiary/aromatic N) is 1. The number of benzene rings is 2. The molecule has 0 aromatic heterocycles. The zero-order chi connectivity index (χ0) is 19.6. The minimum atomic E-state index is 1.10. The van der Waals surface area contributed by atoms with Crippen molar-refractivity contribution in [2.75, 3.05) is 18.0 Å². The lowest BCUT2D eigenvalue weighted by molar-refractivity contribution is 0.568. The van der Waals surface area contributed by atoms with Gasteiger partial charge in [0, 0.05) is 25.2 Å². The fourth-order valence-electron chi connectivity index (χ4n) is 4.57. The molecule has 0 atom stereocenters. The lowest BCUT2D eigenvalue weighted by Gasteiger charge is -2.27. The Morgan fingerprint density at radius 3 is 2.07 bits per heavy atom. The predicted molar refractivity (Wildman–Crippen MR) is 124 cm³/mol.